The van der Waals surface area contributed by atoms with Gasteiger partial charge < -0.3 is 19.9 Å². The molecule has 1 spiro atoms. The molecule has 2 aliphatic rings. The molecule has 1 aliphatic heterocycles. The van der Waals surface area contributed by atoms with E-state index in [1.807, 2.05) is 0 Å². The zero-order chi connectivity index (χ0) is 14.9. The Hall–Kier alpha value is -1.75. The summed E-state index contributed by atoms with van der Waals surface area (Å²) in [7, 11) is 1.53. The first-order valence-electron chi connectivity index (χ1n) is 7.40. The van der Waals surface area contributed by atoms with E-state index in [0.29, 0.717) is 23.6 Å². The van der Waals surface area contributed by atoms with Crippen LogP contribution >= 0.6 is 0 Å². The van der Waals surface area contributed by atoms with Crippen molar-refractivity contribution in [1.82, 2.24) is 0 Å². The van der Waals surface area contributed by atoms with E-state index < -0.39 is 0 Å². The average Bonchev–Trinajstić information content (AvgIpc) is 2.46. The van der Waals surface area contributed by atoms with Gasteiger partial charge >= 0.3 is 5.97 Å². The normalized spacial score (nSPS) is 23.4. The summed E-state index contributed by atoms with van der Waals surface area (Å²) in [5.41, 5.74) is 6.70. The van der Waals surface area contributed by atoms with E-state index in [1.165, 1.54) is 13.5 Å². The number of benzene rings is 1. The molecule has 1 heterocycles. The second-order valence-corrected chi connectivity index (χ2v) is 5.86. The van der Waals surface area contributed by atoms with Crippen LogP contribution in [0.5, 0.6) is 5.75 Å². The van der Waals surface area contributed by atoms with Crippen molar-refractivity contribution in [2.45, 2.75) is 43.8 Å². The third kappa shape index (κ3) is 2.83. The van der Waals surface area contributed by atoms with Crippen LogP contribution in [0.1, 0.15) is 42.5 Å². The number of carbonyl (C=O) groups is 1. The Morgan fingerprint density at radius 3 is 2.90 bits per heavy atom. The van der Waals surface area contributed by atoms with Crippen LogP contribution in [0.4, 0.5) is 5.69 Å². The summed E-state index contributed by atoms with van der Waals surface area (Å²) in [5, 5.41) is 0. The number of rotatable bonds is 3. The van der Waals surface area contributed by atoms with Crippen molar-refractivity contribution in [3.05, 3.63) is 23.8 Å². The van der Waals surface area contributed by atoms with Crippen LogP contribution in [0.3, 0.4) is 0 Å². The minimum Gasteiger partial charge on any atom is -0.495 e. The summed E-state index contributed by atoms with van der Waals surface area (Å²) in [5.74, 6) is 0.168. The molecule has 3 rings (SSSR count). The maximum atomic E-state index is 12.3. The van der Waals surface area contributed by atoms with Gasteiger partial charge in [-0.15, -0.1) is 0 Å². The van der Waals surface area contributed by atoms with Gasteiger partial charge in [0, 0.05) is 12.8 Å². The fourth-order valence-electron chi connectivity index (χ4n) is 3.06. The first-order chi connectivity index (χ1) is 10.1. The monoisotopic (exact) mass is 291 g/mol. The molecule has 114 valence electrons. The number of methoxy groups -OCH3 is 1. The SMILES string of the molecule is COc1cc(C(=O)OC2CCOC3(CCC3)C2)ccc1N. The van der Waals surface area contributed by atoms with E-state index in [2.05, 4.69) is 0 Å². The Morgan fingerprint density at radius 1 is 1.43 bits per heavy atom. The number of hydrogen-bond donors (Lipinski definition) is 1. The molecular weight excluding hydrogens is 270 g/mol. The Labute approximate surface area is 124 Å². The molecule has 0 bridgehead atoms. The first kappa shape index (κ1) is 14.2. The van der Waals surface area contributed by atoms with Crippen molar-refractivity contribution in [3.63, 3.8) is 0 Å². The zero-order valence-corrected chi connectivity index (χ0v) is 12.3. The van der Waals surface area contributed by atoms with E-state index in [9.17, 15) is 4.79 Å². The lowest BCUT2D eigenvalue weighted by Gasteiger charge is -2.46. The van der Waals surface area contributed by atoms with Gasteiger partial charge in [-0.2, -0.15) is 0 Å². The summed E-state index contributed by atoms with van der Waals surface area (Å²) < 4.78 is 16.6. The lowest BCUT2D eigenvalue weighted by Crippen LogP contribution is -2.48. The summed E-state index contributed by atoms with van der Waals surface area (Å²) in [6.07, 6.45) is 4.88. The predicted octanol–water partition coefficient (Wildman–Crippen LogP) is 2.54. The maximum absolute atomic E-state index is 12.3. The molecule has 2 N–H and O–H groups in total. The van der Waals surface area contributed by atoms with E-state index in [0.717, 1.165) is 25.7 Å². The smallest absolute Gasteiger partial charge is 0.338 e. The predicted molar refractivity (Wildman–Crippen MR) is 78.4 cm³/mol. The molecule has 0 radical (unpaired) electrons. The highest BCUT2D eigenvalue weighted by molar-refractivity contribution is 5.90. The minimum atomic E-state index is -0.324. The van der Waals surface area contributed by atoms with Gasteiger partial charge in [0.25, 0.3) is 0 Å². The summed E-state index contributed by atoms with van der Waals surface area (Å²) in [6.45, 7) is 0.670. The topological polar surface area (TPSA) is 70.8 Å². The van der Waals surface area contributed by atoms with Crippen molar-refractivity contribution < 1.29 is 19.0 Å². The minimum absolute atomic E-state index is 0.0258. The molecule has 1 saturated heterocycles. The van der Waals surface area contributed by atoms with Crippen molar-refractivity contribution in [2.24, 2.45) is 0 Å². The van der Waals surface area contributed by atoms with Gasteiger partial charge in [-0.3, -0.25) is 0 Å². The van der Waals surface area contributed by atoms with Gasteiger partial charge in [0.05, 0.1) is 30.6 Å². The fourth-order valence-corrected chi connectivity index (χ4v) is 3.06. The molecular formula is C16H21NO4. The van der Waals surface area contributed by atoms with Gasteiger partial charge in [0.15, 0.2) is 0 Å². The molecule has 5 heteroatoms. The van der Waals surface area contributed by atoms with E-state index in [1.54, 1.807) is 18.2 Å². The van der Waals surface area contributed by atoms with E-state index in [-0.39, 0.29) is 17.7 Å². The van der Waals surface area contributed by atoms with Crippen molar-refractivity contribution in [2.75, 3.05) is 19.5 Å². The van der Waals surface area contributed by atoms with Crippen LogP contribution in [0.2, 0.25) is 0 Å². The van der Waals surface area contributed by atoms with Gasteiger partial charge in [0.1, 0.15) is 11.9 Å². The quantitative estimate of drug-likeness (QED) is 0.684. The number of ether oxygens (including phenoxy) is 3. The molecule has 1 atom stereocenters. The summed E-state index contributed by atoms with van der Waals surface area (Å²) >= 11 is 0. The average molecular weight is 291 g/mol. The zero-order valence-electron chi connectivity index (χ0n) is 12.3. The largest absolute Gasteiger partial charge is 0.495 e. The van der Waals surface area contributed by atoms with Gasteiger partial charge in [-0.25, -0.2) is 4.79 Å². The Morgan fingerprint density at radius 2 is 2.24 bits per heavy atom. The van der Waals surface area contributed by atoms with Crippen molar-refractivity contribution in [1.29, 1.82) is 0 Å². The highest BCUT2D eigenvalue weighted by Gasteiger charge is 2.43. The molecule has 0 aromatic heterocycles. The van der Waals surface area contributed by atoms with Crippen molar-refractivity contribution in [3.8, 4) is 5.75 Å². The number of nitrogens with two attached hydrogens (primary N) is 1. The summed E-state index contributed by atoms with van der Waals surface area (Å²) in [6, 6.07) is 4.95. The summed E-state index contributed by atoms with van der Waals surface area (Å²) in [4.78, 5) is 12.3. The number of esters is 1. The Kier molecular flexibility index (Phi) is 3.76. The van der Waals surface area contributed by atoms with E-state index >= 15 is 0 Å². The highest BCUT2D eigenvalue weighted by atomic mass is 16.6. The molecule has 1 unspecified atom stereocenters. The molecule has 1 aliphatic carbocycles. The van der Waals surface area contributed by atoms with Crippen LogP contribution in [0.15, 0.2) is 18.2 Å². The molecule has 0 amide bonds. The molecule has 1 aromatic carbocycles. The standard InChI is InChI=1S/C16H21NO4/c1-19-14-9-11(3-4-13(14)17)15(18)21-12-5-8-20-16(10-12)6-2-7-16/h3-4,9,12H,2,5-8,10,17H2,1H3. The fraction of sp³-hybridized carbons (Fsp3) is 0.562. The third-order valence-corrected chi connectivity index (χ3v) is 4.46. The highest BCUT2D eigenvalue weighted by Crippen LogP contribution is 2.43. The first-order valence-corrected chi connectivity index (χ1v) is 7.40. The van der Waals surface area contributed by atoms with Gasteiger partial charge in [-0.05, 0) is 37.5 Å². The molecule has 21 heavy (non-hydrogen) atoms. The lowest BCUT2D eigenvalue weighted by molar-refractivity contribution is -0.159. The number of hydrogen-bond acceptors (Lipinski definition) is 5. The van der Waals surface area contributed by atoms with Crippen LogP contribution in [0, 0.1) is 0 Å². The van der Waals surface area contributed by atoms with Crippen molar-refractivity contribution >= 4 is 11.7 Å². The number of carbonyl (C=O) groups excluding carboxylic acids is 1. The second-order valence-electron chi connectivity index (χ2n) is 5.86. The Bertz CT molecular complexity index is 539. The Balaban J connectivity index is 1.65. The van der Waals surface area contributed by atoms with E-state index in [4.69, 9.17) is 19.9 Å². The molecule has 2 fully saturated rings. The lowest BCUT2D eigenvalue weighted by atomic mass is 9.74. The molecule has 5 nitrogen and oxygen atoms in total. The maximum Gasteiger partial charge on any atom is 0.338 e. The molecule has 1 saturated carbocycles. The van der Waals surface area contributed by atoms with Gasteiger partial charge in [-0.1, -0.05) is 0 Å². The molecule has 1 aromatic rings. The third-order valence-electron chi connectivity index (χ3n) is 4.46. The van der Waals surface area contributed by atoms with Crippen LogP contribution in [-0.2, 0) is 9.47 Å². The second kappa shape index (κ2) is 5.56. The number of anilines is 1. The van der Waals surface area contributed by atoms with Crippen LogP contribution < -0.4 is 10.5 Å². The number of nitrogen functional groups attached to an aromatic ring is 1. The van der Waals surface area contributed by atoms with Crippen LogP contribution in [-0.4, -0.2) is 31.4 Å². The van der Waals surface area contributed by atoms with Gasteiger partial charge in [0.2, 0.25) is 0 Å². The van der Waals surface area contributed by atoms with Crippen LogP contribution in [0.25, 0.3) is 0 Å².